The topological polar surface area (TPSA) is 46.5 Å². The van der Waals surface area contributed by atoms with Crippen molar-refractivity contribution in [2.24, 2.45) is 0 Å². The Morgan fingerprint density at radius 1 is 1.00 bits per heavy atom. The maximum absolute atomic E-state index is 13.8. The molecule has 1 N–H and O–H groups in total. The van der Waals surface area contributed by atoms with E-state index in [0.717, 1.165) is 26.8 Å². The monoisotopic (exact) mass is 434 g/mol. The number of hydrogen-bond donors (Lipinski definition) is 1. The molecule has 4 rings (SSSR count). The van der Waals surface area contributed by atoms with Crippen molar-refractivity contribution in [3.8, 4) is 16.9 Å². The molecule has 1 heterocycles. The van der Waals surface area contributed by atoms with Gasteiger partial charge in [0.1, 0.15) is 18.2 Å². The number of thiophene rings is 1. The molecule has 31 heavy (non-hydrogen) atoms. The fraction of sp³-hybridized carbons (Fsp3) is 0.192. The second kappa shape index (κ2) is 8.61. The van der Waals surface area contributed by atoms with Gasteiger partial charge in [-0.05, 0) is 73.4 Å². The van der Waals surface area contributed by atoms with Crippen LogP contribution >= 0.6 is 11.3 Å². The molecule has 0 bridgehead atoms. The minimum Gasteiger partial charge on any atom is -0.491 e. The molecule has 0 unspecified atom stereocenters. The van der Waals surface area contributed by atoms with Gasteiger partial charge in [-0.25, -0.2) is 4.39 Å². The van der Waals surface area contributed by atoms with Crippen molar-refractivity contribution in [1.82, 2.24) is 0 Å². The van der Waals surface area contributed by atoms with E-state index in [1.54, 1.807) is 13.8 Å². The maximum atomic E-state index is 13.8. The quantitative estimate of drug-likeness (QED) is 0.366. The SMILES string of the molecule is Cc1ccc2c(-c3ccc(OCCO)cc3)c(C(=O)c3c(C)cc(F)cc3C)sc2c1. The molecule has 0 radical (unpaired) electrons. The van der Waals surface area contributed by atoms with E-state index < -0.39 is 0 Å². The molecule has 5 heteroatoms. The van der Waals surface area contributed by atoms with Crippen LogP contribution in [0.1, 0.15) is 31.9 Å². The van der Waals surface area contributed by atoms with Crippen LogP contribution in [-0.2, 0) is 0 Å². The van der Waals surface area contributed by atoms with Crippen LogP contribution in [0.25, 0.3) is 21.2 Å². The zero-order valence-electron chi connectivity index (χ0n) is 17.7. The second-order valence-electron chi connectivity index (χ2n) is 7.65. The molecule has 3 nitrogen and oxygen atoms in total. The lowest BCUT2D eigenvalue weighted by Crippen LogP contribution is -2.06. The van der Waals surface area contributed by atoms with Gasteiger partial charge in [0.05, 0.1) is 11.5 Å². The first-order valence-electron chi connectivity index (χ1n) is 10.1. The Morgan fingerprint density at radius 3 is 2.32 bits per heavy atom. The van der Waals surface area contributed by atoms with Gasteiger partial charge in [0, 0.05) is 21.2 Å². The molecule has 0 aliphatic carbocycles. The summed E-state index contributed by atoms with van der Waals surface area (Å²) in [5.41, 5.74) is 4.73. The molecule has 158 valence electrons. The van der Waals surface area contributed by atoms with E-state index in [0.29, 0.717) is 27.3 Å². The maximum Gasteiger partial charge on any atom is 0.204 e. The molecule has 0 aliphatic rings. The zero-order valence-corrected chi connectivity index (χ0v) is 18.5. The molecule has 0 spiro atoms. The van der Waals surface area contributed by atoms with E-state index in [9.17, 15) is 9.18 Å². The molecule has 0 saturated heterocycles. The molecule has 0 fully saturated rings. The van der Waals surface area contributed by atoms with Gasteiger partial charge in [-0.15, -0.1) is 11.3 Å². The number of carbonyl (C=O) groups excluding carboxylic acids is 1. The molecular weight excluding hydrogens is 411 g/mol. The summed E-state index contributed by atoms with van der Waals surface area (Å²) < 4.78 is 20.3. The van der Waals surface area contributed by atoms with Gasteiger partial charge in [-0.3, -0.25) is 4.79 Å². The van der Waals surface area contributed by atoms with Crippen molar-refractivity contribution < 1.29 is 19.0 Å². The van der Waals surface area contributed by atoms with Crippen LogP contribution in [-0.4, -0.2) is 24.1 Å². The molecule has 0 aliphatic heterocycles. The van der Waals surface area contributed by atoms with Gasteiger partial charge in [0.15, 0.2) is 0 Å². The fourth-order valence-corrected chi connectivity index (χ4v) is 5.18. The molecule has 1 aromatic heterocycles. The fourth-order valence-electron chi connectivity index (χ4n) is 3.91. The van der Waals surface area contributed by atoms with E-state index in [-0.39, 0.29) is 24.8 Å². The van der Waals surface area contributed by atoms with Gasteiger partial charge in [0.2, 0.25) is 5.78 Å². The summed E-state index contributed by atoms with van der Waals surface area (Å²) in [7, 11) is 0. The Hall–Kier alpha value is -3.02. The summed E-state index contributed by atoms with van der Waals surface area (Å²) in [5, 5.41) is 9.97. The molecular formula is C26H23FO3S. The van der Waals surface area contributed by atoms with Crippen molar-refractivity contribution in [3.05, 3.63) is 87.5 Å². The highest BCUT2D eigenvalue weighted by atomic mass is 32.1. The van der Waals surface area contributed by atoms with Gasteiger partial charge in [-0.1, -0.05) is 24.3 Å². The summed E-state index contributed by atoms with van der Waals surface area (Å²) in [4.78, 5) is 14.3. The van der Waals surface area contributed by atoms with E-state index in [1.807, 2.05) is 43.3 Å². The zero-order chi connectivity index (χ0) is 22.1. The molecule has 3 aromatic carbocycles. The number of aryl methyl sites for hydroxylation is 3. The van der Waals surface area contributed by atoms with Crippen LogP contribution in [0.4, 0.5) is 4.39 Å². The Balaban J connectivity index is 1.89. The Kier molecular flexibility index (Phi) is 5.90. The van der Waals surface area contributed by atoms with Crippen molar-refractivity contribution in [1.29, 1.82) is 0 Å². The standard InChI is InChI=1S/C26H23FO3S/c1-15-4-9-21-22(12-15)31-26(25(29)23-16(2)13-19(27)14-17(23)3)24(21)18-5-7-20(8-6-18)30-11-10-28/h4-9,12-14,28H,10-11H2,1-3H3. The normalized spacial score (nSPS) is 11.1. The Labute approximate surface area is 184 Å². The van der Waals surface area contributed by atoms with E-state index >= 15 is 0 Å². The smallest absolute Gasteiger partial charge is 0.204 e. The number of ether oxygens (including phenoxy) is 1. The summed E-state index contributed by atoms with van der Waals surface area (Å²) >= 11 is 1.47. The van der Waals surface area contributed by atoms with E-state index in [4.69, 9.17) is 9.84 Å². The van der Waals surface area contributed by atoms with Crippen LogP contribution in [0, 0.1) is 26.6 Å². The second-order valence-corrected chi connectivity index (χ2v) is 8.70. The lowest BCUT2D eigenvalue weighted by molar-refractivity contribution is 0.104. The minimum atomic E-state index is -0.336. The highest BCUT2D eigenvalue weighted by molar-refractivity contribution is 7.21. The Morgan fingerprint density at radius 2 is 1.68 bits per heavy atom. The minimum absolute atomic E-state index is 0.0503. The first kappa shape index (κ1) is 21.2. The van der Waals surface area contributed by atoms with E-state index in [2.05, 4.69) is 6.07 Å². The number of carbonyl (C=O) groups is 1. The number of benzene rings is 3. The third kappa shape index (κ3) is 4.11. The summed E-state index contributed by atoms with van der Waals surface area (Å²) in [5.74, 6) is 0.230. The van der Waals surface area contributed by atoms with Crippen molar-refractivity contribution >= 4 is 27.2 Å². The van der Waals surface area contributed by atoms with Crippen molar-refractivity contribution in [2.45, 2.75) is 20.8 Å². The van der Waals surface area contributed by atoms with Gasteiger partial charge in [0.25, 0.3) is 0 Å². The van der Waals surface area contributed by atoms with Crippen LogP contribution in [0.2, 0.25) is 0 Å². The lowest BCUT2D eigenvalue weighted by Gasteiger charge is -2.11. The third-order valence-corrected chi connectivity index (χ3v) is 6.43. The first-order valence-corrected chi connectivity index (χ1v) is 10.9. The van der Waals surface area contributed by atoms with Crippen molar-refractivity contribution in [3.63, 3.8) is 0 Å². The summed E-state index contributed by atoms with van der Waals surface area (Å²) in [6, 6.07) is 16.5. The highest BCUT2D eigenvalue weighted by Gasteiger charge is 2.24. The largest absolute Gasteiger partial charge is 0.491 e. The average molecular weight is 435 g/mol. The highest BCUT2D eigenvalue weighted by Crippen LogP contribution is 2.41. The predicted molar refractivity (Wildman–Crippen MR) is 124 cm³/mol. The number of rotatable bonds is 6. The average Bonchev–Trinajstić information content (AvgIpc) is 3.10. The molecule has 4 aromatic rings. The Bertz CT molecular complexity index is 1250. The van der Waals surface area contributed by atoms with Crippen molar-refractivity contribution in [2.75, 3.05) is 13.2 Å². The molecule has 0 saturated carbocycles. The number of ketones is 1. The predicted octanol–water partition coefficient (Wildman–Crippen LogP) is 6.23. The number of halogens is 1. The van der Waals surface area contributed by atoms with Crippen LogP contribution in [0.3, 0.4) is 0 Å². The van der Waals surface area contributed by atoms with Gasteiger partial charge >= 0.3 is 0 Å². The summed E-state index contributed by atoms with van der Waals surface area (Å²) in [6.45, 7) is 5.75. The van der Waals surface area contributed by atoms with E-state index in [1.165, 1.54) is 23.5 Å². The summed E-state index contributed by atoms with van der Waals surface area (Å²) in [6.07, 6.45) is 0. The van der Waals surface area contributed by atoms with Gasteiger partial charge < -0.3 is 9.84 Å². The van der Waals surface area contributed by atoms with Crippen LogP contribution in [0.15, 0.2) is 54.6 Å². The number of aliphatic hydroxyl groups is 1. The van der Waals surface area contributed by atoms with Gasteiger partial charge in [-0.2, -0.15) is 0 Å². The van der Waals surface area contributed by atoms with Crippen LogP contribution in [0.5, 0.6) is 5.75 Å². The third-order valence-electron chi connectivity index (χ3n) is 5.28. The number of fused-ring (bicyclic) bond motifs is 1. The first-order chi connectivity index (χ1) is 14.9. The number of aliphatic hydroxyl groups excluding tert-OH is 1. The lowest BCUT2D eigenvalue weighted by atomic mass is 9.93. The number of hydrogen-bond acceptors (Lipinski definition) is 4. The van der Waals surface area contributed by atoms with Crippen LogP contribution < -0.4 is 4.74 Å². The molecule has 0 amide bonds. The molecule has 0 atom stereocenters.